The van der Waals surface area contributed by atoms with E-state index in [0.29, 0.717) is 32.7 Å². The number of halogens is 1. The monoisotopic (exact) mass is 985 g/mol. The second-order valence-corrected chi connectivity index (χ2v) is 17.6. The number of morpholine rings is 1. The van der Waals surface area contributed by atoms with Crippen molar-refractivity contribution in [3.63, 3.8) is 0 Å². The summed E-state index contributed by atoms with van der Waals surface area (Å²) in [6, 6.07) is 14.5. The average Bonchev–Trinajstić information content (AvgIpc) is 3.25. The van der Waals surface area contributed by atoms with Gasteiger partial charge in [-0.05, 0) is 55.6 Å². The molecule has 0 saturated carbocycles. The minimum atomic E-state index is -1.26. The fraction of sp³-hybridized carbons (Fsp3) is 0.553. The Balaban J connectivity index is 1.85. The zero-order chi connectivity index (χ0) is 46.4. The second kappa shape index (κ2) is 27.4. The maximum Gasteiger partial charge on any atom is 0.307 e. The number of esters is 1. The molecule has 0 aromatic heterocycles. The molecule has 344 valence electrons. The lowest BCUT2D eigenvalue weighted by molar-refractivity contribution is -0.146. The van der Waals surface area contributed by atoms with Crippen molar-refractivity contribution in [2.75, 3.05) is 43.9 Å². The molecule has 16 heteroatoms. The van der Waals surface area contributed by atoms with E-state index in [1.165, 1.54) is 0 Å². The molecular formula is C47H64IN5O10. The third kappa shape index (κ3) is 19.6. The standard InChI is InChI=1S/C47H64IN5O10/c1-32(2)27-37(43(58)47(5,31-48)21-12-24-63-42(57)20-19-41(55)56)50-46(61)39(29-35-15-10-7-11-16-35)52-45(60)38(28-33(3)4)51-44(59)36(18-17-34-13-8-6-9-14-34)49-40(54)30-53-22-25-62-26-23-53/h6-11,13-16,32-33,36-39H,17-20,22-31H2,1-5H3,(H,49,54)(H,50,61)(H,51,59)(H,52,60)(H,55,56)/t36-,37-,38-,39-,47+/m0/s1. The molecule has 0 aliphatic carbocycles. The summed E-state index contributed by atoms with van der Waals surface area (Å²) in [5.74, 6) is 1.28. The number of rotatable bonds is 25. The van der Waals surface area contributed by atoms with Gasteiger partial charge in [-0.3, -0.25) is 38.5 Å². The zero-order valence-electron chi connectivity index (χ0n) is 37.1. The number of aliphatic carboxylic acids is 1. The van der Waals surface area contributed by atoms with Gasteiger partial charge in [-0.15, -0.1) is 0 Å². The van der Waals surface area contributed by atoms with E-state index in [4.69, 9.17) is 14.6 Å². The molecule has 4 amide bonds. The molecule has 0 spiro atoms. The molecule has 63 heavy (non-hydrogen) atoms. The Kier molecular flexibility index (Phi) is 22.8. The van der Waals surface area contributed by atoms with E-state index < -0.39 is 59.2 Å². The first-order valence-electron chi connectivity index (χ1n) is 21.6. The number of amides is 4. The Morgan fingerprint density at radius 2 is 1.30 bits per heavy atom. The lowest BCUT2D eigenvalue weighted by Gasteiger charge is -2.30. The second-order valence-electron chi connectivity index (χ2n) is 16.9. The first kappa shape index (κ1) is 52.5. The quantitative estimate of drug-likeness (QED) is 0.0420. The summed E-state index contributed by atoms with van der Waals surface area (Å²) in [6.07, 6.45) is 0.675. The molecule has 1 fully saturated rings. The van der Waals surface area contributed by atoms with Crippen LogP contribution < -0.4 is 21.3 Å². The lowest BCUT2D eigenvalue weighted by Crippen LogP contribution is -2.59. The van der Waals surface area contributed by atoms with Gasteiger partial charge in [0, 0.05) is 23.9 Å². The number of carbonyl (C=O) groups excluding carboxylic acids is 6. The number of Topliss-reactive ketones (excluding diaryl/α,β-unsaturated/α-hetero) is 1. The van der Waals surface area contributed by atoms with Crippen LogP contribution in [0, 0.1) is 29.1 Å². The van der Waals surface area contributed by atoms with Gasteiger partial charge >= 0.3 is 11.9 Å². The van der Waals surface area contributed by atoms with Gasteiger partial charge in [0.2, 0.25) is 23.6 Å². The number of carboxylic acid groups (broad SMARTS) is 1. The number of nitrogens with one attached hydrogen (secondary N) is 4. The Hall–Kier alpha value is -4.86. The van der Waals surface area contributed by atoms with E-state index in [1.807, 2.05) is 116 Å². The van der Waals surface area contributed by atoms with Crippen molar-refractivity contribution in [1.82, 2.24) is 26.2 Å². The fourth-order valence-electron chi connectivity index (χ4n) is 6.88. The number of hydrogen-bond donors (Lipinski definition) is 5. The molecule has 1 aliphatic heterocycles. The molecule has 0 bridgehead atoms. The highest BCUT2D eigenvalue weighted by molar-refractivity contribution is 14.1. The molecule has 1 saturated heterocycles. The molecule has 1 aliphatic rings. The summed E-state index contributed by atoms with van der Waals surface area (Å²) in [5.41, 5.74) is 0.471. The van der Waals surface area contributed by atoms with Gasteiger partial charge in [-0.1, -0.05) is 123 Å². The molecule has 5 atom stereocenters. The van der Waals surface area contributed by atoms with Crippen molar-refractivity contribution in [2.45, 2.75) is 104 Å². The van der Waals surface area contributed by atoms with Gasteiger partial charge in [0.15, 0.2) is 12.4 Å². The number of ketones is 1. The van der Waals surface area contributed by atoms with Gasteiger partial charge in [-0.25, -0.2) is 0 Å². The third-order valence-corrected chi connectivity index (χ3v) is 11.8. The van der Waals surface area contributed by atoms with Crippen molar-refractivity contribution in [1.29, 1.82) is 0 Å². The number of carbonyl (C=O) groups is 7. The number of ether oxygens (including phenoxy) is 2. The highest BCUT2D eigenvalue weighted by Crippen LogP contribution is 2.25. The molecule has 15 nitrogen and oxygen atoms in total. The van der Waals surface area contributed by atoms with Crippen molar-refractivity contribution >= 4 is 63.9 Å². The van der Waals surface area contributed by atoms with Crippen molar-refractivity contribution in [3.05, 3.63) is 71.8 Å². The molecule has 2 aromatic rings. The first-order valence-corrected chi connectivity index (χ1v) is 23.1. The van der Waals surface area contributed by atoms with Crippen LogP contribution in [-0.2, 0) is 55.9 Å². The predicted molar refractivity (Wildman–Crippen MR) is 246 cm³/mol. The SMILES string of the molecule is CC(C)C[C@H](NC(=O)[C@H](CCc1ccccc1)NC(=O)CN1CCOCC1)C(=O)N[C@@H](Cc1ccccc1)C(=O)N[C@@H](CC(C)C)C(=O)[C@](C)(C#CCOC(=O)CCC(=O)O)CI. The molecule has 2 aromatic carbocycles. The van der Waals surface area contributed by atoms with Crippen LogP contribution in [0.5, 0.6) is 0 Å². The average molecular weight is 986 g/mol. The number of hydrogen-bond acceptors (Lipinski definition) is 10. The Morgan fingerprint density at radius 3 is 1.89 bits per heavy atom. The number of benzene rings is 2. The van der Waals surface area contributed by atoms with Crippen molar-refractivity contribution in [2.24, 2.45) is 17.3 Å². The summed E-state index contributed by atoms with van der Waals surface area (Å²) < 4.78 is 10.7. The Morgan fingerprint density at radius 1 is 0.762 bits per heavy atom. The first-order chi connectivity index (χ1) is 30.0. The smallest absolute Gasteiger partial charge is 0.307 e. The molecule has 0 radical (unpaired) electrons. The minimum Gasteiger partial charge on any atom is -0.481 e. The van der Waals surface area contributed by atoms with Crippen LogP contribution >= 0.6 is 22.6 Å². The number of alkyl halides is 1. The number of carboxylic acids is 1. The third-order valence-electron chi connectivity index (χ3n) is 10.3. The van der Waals surface area contributed by atoms with Gasteiger partial charge in [0.1, 0.15) is 18.1 Å². The number of aryl methyl sites for hydroxylation is 1. The topological polar surface area (TPSA) is 210 Å². The highest BCUT2D eigenvalue weighted by Gasteiger charge is 2.38. The van der Waals surface area contributed by atoms with E-state index in [2.05, 4.69) is 33.1 Å². The van der Waals surface area contributed by atoms with Crippen LogP contribution in [0.1, 0.15) is 77.8 Å². The van der Waals surface area contributed by atoms with E-state index in [1.54, 1.807) is 6.92 Å². The Labute approximate surface area is 385 Å². The normalized spacial score (nSPS) is 15.6. The van der Waals surface area contributed by atoms with Gasteiger partial charge < -0.3 is 35.8 Å². The largest absolute Gasteiger partial charge is 0.481 e. The number of nitrogens with zero attached hydrogens (tertiary/aromatic N) is 1. The predicted octanol–water partition coefficient (Wildman–Crippen LogP) is 3.65. The molecule has 3 rings (SSSR count). The van der Waals surface area contributed by atoms with Gasteiger partial charge in [0.25, 0.3) is 0 Å². The van der Waals surface area contributed by atoms with Crippen LogP contribution in [0.4, 0.5) is 0 Å². The van der Waals surface area contributed by atoms with E-state index in [9.17, 15) is 33.6 Å². The van der Waals surface area contributed by atoms with Crippen LogP contribution in [0.3, 0.4) is 0 Å². The summed E-state index contributed by atoms with van der Waals surface area (Å²) in [6.45, 7) is 11.3. The van der Waals surface area contributed by atoms with Gasteiger partial charge in [-0.2, -0.15) is 0 Å². The summed E-state index contributed by atoms with van der Waals surface area (Å²) in [5, 5.41) is 20.4. The molecule has 0 unspecified atom stereocenters. The lowest BCUT2D eigenvalue weighted by atomic mass is 9.82. The fourth-order valence-corrected chi connectivity index (χ4v) is 7.45. The minimum absolute atomic E-state index is 0.0298. The van der Waals surface area contributed by atoms with E-state index in [0.717, 1.165) is 11.1 Å². The zero-order valence-corrected chi connectivity index (χ0v) is 39.2. The molecule has 5 N–H and O–H groups in total. The van der Waals surface area contributed by atoms with Gasteiger partial charge in [0.05, 0.1) is 44.1 Å². The van der Waals surface area contributed by atoms with Crippen LogP contribution in [0.25, 0.3) is 0 Å². The maximum absolute atomic E-state index is 14.4. The maximum atomic E-state index is 14.4. The van der Waals surface area contributed by atoms with E-state index >= 15 is 0 Å². The van der Waals surface area contributed by atoms with Crippen LogP contribution in [0.15, 0.2) is 60.7 Å². The molecule has 1 heterocycles. The molecular weight excluding hydrogens is 921 g/mol. The van der Waals surface area contributed by atoms with Crippen molar-refractivity contribution in [3.8, 4) is 11.8 Å². The summed E-state index contributed by atoms with van der Waals surface area (Å²) in [7, 11) is 0. The van der Waals surface area contributed by atoms with E-state index in [-0.39, 0.29) is 79.6 Å². The Bertz CT molecular complexity index is 1880. The summed E-state index contributed by atoms with van der Waals surface area (Å²) >= 11 is 2.04. The van der Waals surface area contributed by atoms with Crippen LogP contribution in [0.2, 0.25) is 0 Å². The van der Waals surface area contributed by atoms with Crippen molar-refractivity contribution < 1.29 is 48.1 Å². The highest BCUT2D eigenvalue weighted by atomic mass is 127. The van der Waals surface area contributed by atoms with Crippen LogP contribution in [-0.4, -0.2) is 119 Å². The summed E-state index contributed by atoms with van der Waals surface area (Å²) in [4.78, 5) is 95.0.